The van der Waals surface area contributed by atoms with Gasteiger partial charge in [0.05, 0.1) is 11.3 Å². The minimum Gasteiger partial charge on any atom is -0.389 e. The summed E-state index contributed by atoms with van der Waals surface area (Å²) in [5.74, 6) is 4.37. The van der Waals surface area contributed by atoms with Crippen molar-refractivity contribution in [3.05, 3.63) is 16.8 Å². The van der Waals surface area contributed by atoms with Gasteiger partial charge >= 0.3 is 0 Å². The molecule has 2 heterocycles. The van der Waals surface area contributed by atoms with Gasteiger partial charge in [0, 0.05) is 29.1 Å². The van der Waals surface area contributed by atoms with Crippen LogP contribution in [0.3, 0.4) is 0 Å². The molecule has 4 nitrogen and oxygen atoms in total. The summed E-state index contributed by atoms with van der Waals surface area (Å²) in [6.07, 6.45) is 0. The predicted molar refractivity (Wildman–Crippen MR) is 89.5 cm³/mol. The SMILES string of the molecule is Cc1nnc(NCC2CSCCS2)c(C(N)=S)c1C. The molecular formula is C12H18N4S3. The minimum absolute atomic E-state index is 0.378. The van der Waals surface area contributed by atoms with E-state index >= 15 is 0 Å². The average Bonchev–Trinajstić information content (AvgIpc) is 2.41. The maximum Gasteiger partial charge on any atom is 0.159 e. The lowest BCUT2D eigenvalue weighted by Gasteiger charge is -2.22. The van der Waals surface area contributed by atoms with E-state index in [2.05, 4.69) is 15.5 Å². The van der Waals surface area contributed by atoms with E-state index in [1.54, 1.807) is 0 Å². The zero-order chi connectivity index (χ0) is 13.8. The van der Waals surface area contributed by atoms with Crippen molar-refractivity contribution in [2.45, 2.75) is 19.1 Å². The van der Waals surface area contributed by atoms with Gasteiger partial charge in [0.2, 0.25) is 0 Å². The van der Waals surface area contributed by atoms with Gasteiger partial charge in [-0.1, -0.05) is 12.2 Å². The molecule has 1 saturated heterocycles. The molecule has 1 fully saturated rings. The molecule has 7 heteroatoms. The van der Waals surface area contributed by atoms with Crippen molar-refractivity contribution >= 4 is 46.5 Å². The van der Waals surface area contributed by atoms with Crippen LogP contribution in [-0.4, -0.2) is 44.2 Å². The molecule has 0 aromatic carbocycles. The fraction of sp³-hybridized carbons (Fsp3) is 0.583. The monoisotopic (exact) mass is 314 g/mol. The number of nitrogens with one attached hydrogen (secondary N) is 1. The smallest absolute Gasteiger partial charge is 0.159 e. The largest absolute Gasteiger partial charge is 0.389 e. The van der Waals surface area contributed by atoms with Crippen molar-refractivity contribution in [3.63, 3.8) is 0 Å². The molecule has 0 aliphatic carbocycles. The first kappa shape index (κ1) is 14.9. The molecule has 1 atom stereocenters. The molecular weight excluding hydrogens is 296 g/mol. The van der Waals surface area contributed by atoms with Crippen molar-refractivity contribution < 1.29 is 0 Å². The van der Waals surface area contributed by atoms with Gasteiger partial charge in [-0.2, -0.15) is 28.6 Å². The first-order chi connectivity index (χ1) is 9.09. The standard InChI is InChI=1S/C12H18N4S3/c1-7-8(2)15-16-12(10(7)11(13)17)14-5-9-6-18-3-4-19-9/h9H,3-6H2,1-2H3,(H2,13,17)(H,14,16). The summed E-state index contributed by atoms with van der Waals surface area (Å²) in [6.45, 7) is 4.78. The number of anilines is 1. The molecule has 0 bridgehead atoms. The second kappa shape index (κ2) is 6.76. The fourth-order valence-corrected chi connectivity index (χ4v) is 4.76. The second-order valence-corrected chi connectivity index (χ2v) is 7.44. The molecule has 0 radical (unpaired) electrons. The van der Waals surface area contributed by atoms with Crippen LogP contribution in [0.25, 0.3) is 0 Å². The van der Waals surface area contributed by atoms with Gasteiger partial charge in [0.25, 0.3) is 0 Å². The number of aromatic nitrogens is 2. The summed E-state index contributed by atoms with van der Waals surface area (Å²) >= 11 is 9.14. The van der Waals surface area contributed by atoms with E-state index < -0.39 is 0 Å². The van der Waals surface area contributed by atoms with E-state index in [1.807, 2.05) is 37.4 Å². The highest BCUT2D eigenvalue weighted by Crippen LogP contribution is 2.25. The lowest BCUT2D eigenvalue weighted by atomic mass is 10.1. The van der Waals surface area contributed by atoms with Crippen LogP contribution in [0, 0.1) is 13.8 Å². The second-order valence-electron chi connectivity index (χ2n) is 4.45. The van der Waals surface area contributed by atoms with Gasteiger partial charge < -0.3 is 11.1 Å². The molecule has 1 aliphatic heterocycles. The zero-order valence-electron chi connectivity index (χ0n) is 11.1. The van der Waals surface area contributed by atoms with Crippen LogP contribution in [0.4, 0.5) is 5.82 Å². The Bertz CT molecular complexity index is 472. The topological polar surface area (TPSA) is 63.8 Å². The Labute approximate surface area is 127 Å². The first-order valence-electron chi connectivity index (χ1n) is 6.16. The summed E-state index contributed by atoms with van der Waals surface area (Å²) in [5, 5.41) is 12.3. The molecule has 104 valence electrons. The minimum atomic E-state index is 0.378. The van der Waals surface area contributed by atoms with Crippen molar-refractivity contribution in [1.29, 1.82) is 0 Å². The van der Waals surface area contributed by atoms with Crippen molar-refractivity contribution in [3.8, 4) is 0 Å². The Morgan fingerprint density at radius 2 is 2.21 bits per heavy atom. The Balaban J connectivity index is 2.11. The van der Waals surface area contributed by atoms with Gasteiger partial charge in [-0.15, -0.1) is 5.10 Å². The molecule has 2 rings (SSSR count). The average molecular weight is 315 g/mol. The van der Waals surface area contributed by atoms with Crippen LogP contribution < -0.4 is 11.1 Å². The number of hydrogen-bond acceptors (Lipinski definition) is 6. The quantitative estimate of drug-likeness (QED) is 0.824. The molecule has 1 unspecified atom stereocenters. The number of hydrogen-bond donors (Lipinski definition) is 2. The molecule has 1 aromatic rings. The fourth-order valence-electron chi connectivity index (χ4n) is 1.90. The van der Waals surface area contributed by atoms with Crippen LogP contribution >= 0.6 is 35.7 Å². The third-order valence-electron chi connectivity index (χ3n) is 3.08. The summed E-state index contributed by atoms with van der Waals surface area (Å²) in [7, 11) is 0. The molecule has 0 amide bonds. The van der Waals surface area contributed by atoms with E-state index in [1.165, 1.54) is 17.3 Å². The Morgan fingerprint density at radius 1 is 1.42 bits per heavy atom. The molecule has 3 N–H and O–H groups in total. The highest BCUT2D eigenvalue weighted by molar-refractivity contribution is 8.06. The van der Waals surface area contributed by atoms with E-state index in [0.29, 0.717) is 16.1 Å². The Kier molecular flexibility index (Phi) is 5.29. The summed E-state index contributed by atoms with van der Waals surface area (Å²) in [5.41, 5.74) is 8.52. The molecule has 0 spiro atoms. The Hall–Kier alpha value is -0.530. The van der Waals surface area contributed by atoms with Crippen molar-refractivity contribution in [2.24, 2.45) is 5.73 Å². The van der Waals surface area contributed by atoms with Crippen LogP contribution in [-0.2, 0) is 0 Å². The lowest BCUT2D eigenvalue weighted by Crippen LogP contribution is -2.26. The van der Waals surface area contributed by atoms with Crippen LogP contribution in [0.2, 0.25) is 0 Å². The van der Waals surface area contributed by atoms with Crippen LogP contribution in [0.15, 0.2) is 0 Å². The molecule has 1 aliphatic rings. The lowest BCUT2D eigenvalue weighted by molar-refractivity contribution is 0.927. The number of aryl methyl sites for hydroxylation is 1. The third kappa shape index (κ3) is 3.73. The molecule has 1 aromatic heterocycles. The predicted octanol–water partition coefficient (Wildman–Crippen LogP) is 1.99. The van der Waals surface area contributed by atoms with Gasteiger partial charge in [0.1, 0.15) is 4.99 Å². The maximum absolute atomic E-state index is 5.81. The van der Waals surface area contributed by atoms with Gasteiger partial charge in [0.15, 0.2) is 5.82 Å². The number of thiocarbonyl (C=S) groups is 1. The van der Waals surface area contributed by atoms with E-state index in [4.69, 9.17) is 18.0 Å². The van der Waals surface area contributed by atoms with Crippen molar-refractivity contribution in [1.82, 2.24) is 10.2 Å². The number of nitrogens with two attached hydrogens (primary N) is 1. The van der Waals surface area contributed by atoms with Gasteiger partial charge in [-0.3, -0.25) is 0 Å². The molecule has 19 heavy (non-hydrogen) atoms. The highest BCUT2D eigenvalue weighted by Gasteiger charge is 2.17. The number of rotatable bonds is 4. The zero-order valence-corrected chi connectivity index (χ0v) is 13.6. The van der Waals surface area contributed by atoms with E-state index in [0.717, 1.165) is 23.4 Å². The van der Waals surface area contributed by atoms with Crippen LogP contribution in [0.5, 0.6) is 0 Å². The summed E-state index contributed by atoms with van der Waals surface area (Å²) in [6, 6.07) is 0. The summed E-state index contributed by atoms with van der Waals surface area (Å²) < 4.78 is 0. The summed E-state index contributed by atoms with van der Waals surface area (Å²) in [4.78, 5) is 0.378. The van der Waals surface area contributed by atoms with E-state index in [9.17, 15) is 0 Å². The highest BCUT2D eigenvalue weighted by atomic mass is 32.2. The number of nitrogens with zero attached hydrogens (tertiary/aromatic N) is 2. The van der Waals surface area contributed by atoms with Crippen LogP contribution in [0.1, 0.15) is 16.8 Å². The molecule has 0 saturated carbocycles. The maximum atomic E-state index is 5.81. The third-order valence-corrected chi connectivity index (χ3v) is 6.13. The van der Waals surface area contributed by atoms with Gasteiger partial charge in [-0.25, -0.2) is 0 Å². The van der Waals surface area contributed by atoms with E-state index in [-0.39, 0.29) is 0 Å². The first-order valence-corrected chi connectivity index (χ1v) is 8.77. The van der Waals surface area contributed by atoms with Gasteiger partial charge in [-0.05, 0) is 19.4 Å². The number of thioether (sulfide) groups is 2. The normalized spacial score (nSPS) is 19.2. The Morgan fingerprint density at radius 3 is 2.84 bits per heavy atom. The van der Waals surface area contributed by atoms with Crippen molar-refractivity contribution in [2.75, 3.05) is 29.1 Å².